The minimum absolute atomic E-state index is 0.167. The van der Waals surface area contributed by atoms with Gasteiger partial charge in [0.1, 0.15) is 12.2 Å². The molecule has 0 aromatic carbocycles. The lowest BCUT2D eigenvalue weighted by molar-refractivity contribution is -0.0244. The first-order valence-corrected chi connectivity index (χ1v) is 5.54. The van der Waals surface area contributed by atoms with E-state index in [4.69, 9.17) is 0 Å². The molecule has 1 fully saturated rings. The zero-order chi connectivity index (χ0) is 12.9. The second kappa shape index (κ2) is 3.87. The normalized spacial score (nSPS) is 32.2. The van der Waals surface area contributed by atoms with Gasteiger partial charge in [-0.05, 0) is 6.42 Å². The van der Waals surface area contributed by atoms with E-state index in [1.807, 2.05) is 0 Å². The van der Waals surface area contributed by atoms with Crippen LogP contribution in [0.5, 0.6) is 0 Å². The van der Waals surface area contributed by atoms with E-state index in [-0.39, 0.29) is 17.5 Å². The molecule has 2 aromatic rings. The molecule has 1 aliphatic rings. The van der Waals surface area contributed by atoms with Crippen LogP contribution in [0, 0.1) is 0 Å². The highest BCUT2D eigenvalue weighted by Gasteiger charge is 2.42. The number of hydrogen-bond acceptors (Lipinski definition) is 6. The third-order valence-corrected chi connectivity index (χ3v) is 3.34. The number of aromatic nitrogens is 4. The van der Waals surface area contributed by atoms with Crippen LogP contribution in [0.1, 0.15) is 12.5 Å². The largest absolute Gasteiger partial charge is 0.390 e. The number of hydrogen-bond donors (Lipinski definition) is 4. The first-order chi connectivity index (χ1) is 8.59. The fourth-order valence-corrected chi connectivity index (χ4v) is 2.37. The number of fused-ring (bicyclic) bond motifs is 1. The summed E-state index contributed by atoms with van der Waals surface area (Å²) in [5, 5.41) is 28.9. The molecule has 3 rings (SSSR count). The molecule has 0 amide bonds. The molecule has 0 unspecified atom stereocenters. The third kappa shape index (κ3) is 1.47. The van der Waals surface area contributed by atoms with Gasteiger partial charge in [0.2, 0.25) is 0 Å². The second-order valence-corrected chi connectivity index (χ2v) is 4.41. The molecule has 96 valence electrons. The molecular weight excluding hydrogens is 240 g/mol. The molecule has 2 aromatic heterocycles. The highest BCUT2D eigenvalue weighted by Crippen LogP contribution is 2.32. The fourth-order valence-electron chi connectivity index (χ4n) is 2.37. The third-order valence-electron chi connectivity index (χ3n) is 3.34. The van der Waals surface area contributed by atoms with E-state index in [1.165, 1.54) is 17.2 Å². The lowest BCUT2D eigenvalue weighted by atomic mass is 10.2. The molecule has 8 heteroatoms. The Morgan fingerprint density at radius 2 is 2.06 bits per heavy atom. The summed E-state index contributed by atoms with van der Waals surface area (Å²) in [5.74, 6) is 0. The summed E-state index contributed by atoms with van der Waals surface area (Å²) in [5.41, 5.74) is 0.122. The average molecular weight is 252 g/mol. The Balaban J connectivity index is 2.11. The SMILES string of the molecule is O=c1[nH]cnc2c1ncn2[C@H]1C[C@@H](O)[C@H](O)[C@@H]1O. The van der Waals surface area contributed by atoms with Crippen molar-refractivity contribution in [3.8, 4) is 0 Å². The Kier molecular flexibility index (Phi) is 2.44. The van der Waals surface area contributed by atoms with Crippen LogP contribution < -0.4 is 5.56 Å². The van der Waals surface area contributed by atoms with Crippen molar-refractivity contribution in [3.63, 3.8) is 0 Å². The Morgan fingerprint density at radius 1 is 1.28 bits per heavy atom. The molecule has 4 atom stereocenters. The van der Waals surface area contributed by atoms with Gasteiger partial charge in [-0.25, -0.2) is 9.97 Å². The van der Waals surface area contributed by atoms with Gasteiger partial charge in [-0.3, -0.25) is 4.79 Å². The fraction of sp³-hybridized carbons (Fsp3) is 0.500. The first kappa shape index (κ1) is 11.3. The van der Waals surface area contributed by atoms with E-state index in [2.05, 4.69) is 15.0 Å². The smallest absolute Gasteiger partial charge is 0.278 e. The number of aliphatic hydroxyl groups excluding tert-OH is 3. The lowest BCUT2D eigenvalue weighted by Crippen LogP contribution is -2.31. The standard InChI is InChI=1S/C10H12N4O4/c15-5-1-4(7(16)8(5)17)14-3-13-6-9(14)11-2-12-10(6)18/h2-5,7-8,15-17H,1H2,(H,11,12,18)/t4-,5+,7+,8-/m0/s1. The van der Waals surface area contributed by atoms with Crippen LogP contribution in [-0.4, -0.2) is 53.2 Å². The summed E-state index contributed by atoms with van der Waals surface area (Å²) >= 11 is 0. The van der Waals surface area contributed by atoms with E-state index in [0.717, 1.165) is 0 Å². The Hall–Kier alpha value is -1.77. The average Bonchev–Trinajstić information content (AvgIpc) is 2.88. The van der Waals surface area contributed by atoms with Crippen molar-refractivity contribution < 1.29 is 15.3 Å². The van der Waals surface area contributed by atoms with E-state index < -0.39 is 24.4 Å². The molecule has 0 bridgehead atoms. The van der Waals surface area contributed by atoms with E-state index in [0.29, 0.717) is 5.65 Å². The van der Waals surface area contributed by atoms with Crippen LogP contribution >= 0.6 is 0 Å². The number of nitrogens with one attached hydrogen (secondary N) is 1. The monoisotopic (exact) mass is 252 g/mol. The first-order valence-electron chi connectivity index (χ1n) is 5.54. The van der Waals surface area contributed by atoms with Gasteiger partial charge in [0.15, 0.2) is 11.2 Å². The highest BCUT2D eigenvalue weighted by atomic mass is 16.4. The Bertz CT molecular complexity index is 636. The molecule has 1 saturated carbocycles. The van der Waals surface area contributed by atoms with Crippen molar-refractivity contribution >= 4 is 11.2 Å². The van der Waals surface area contributed by atoms with Crippen molar-refractivity contribution in [2.45, 2.75) is 30.8 Å². The van der Waals surface area contributed by atoms with Gasteiger partial charge in [-0.15, -0.1) is 0 Å². The molecule has 1 aliphatic carbocycles. The van der Waals surface area contributed by atoms with Crippen molar-refractivity contribution in [1.29, 1.82) is 0 Å². The summed E-state index contributed by atoms with van der Waals surface area (Å²) in [6.07, 6.45) is -0.498. The quantitative estimate of drug-likeness (QED) is 0.472. The van der Waals surface area contributed by atoms with Crippen LogP contribution in [0.3, 0.4) is 0 Å². The van der Waals surface area contributed by atoms with Crippen molar-refractivity contribution in [3.05, 3.63) is 23.0 Å². The minimum Gasteiger partial charge on any atom is -0.390 e. The van der Waals surface area contributed by atoms with Crippen molar-refractivity contribution in [2.75, 3.05) is 0 Å². The summed E-state index contributed by atoms with van der Waals surface area (Å²) in [7, 11) is 0. The number of imidazole rings is 1. The summed E-state index contributed by atoms with van der Waals surface area (Å²) < 4.78 is 1.51. The zero-order valence-corrected chi connectivity index (χ0v) is 9.26. The van der Waals surface area contributed by atoms with Gasteiger partial charge >= 0.3 is 0 Å². The van der Waals surface area contributed by atoms with E-state index in [9.17, 15) is 20.1 Å². The molecule has 18 heavy (non-hydrogen) atoms. The minimum atomic E-state index is -1.20. The van der Waals surface area contributed by atoms with Gasteiger partial charge < -0.3 is 24.9 Å². The summed E-state index contributed by atoms with van der Waals surface area (Å²) in [6.45, 7) is 0. The van der Waals surface area contributed by atoms with Crippen LogP contribution in [0.2, 0.25) is 0 Å². The molecule has 0 spiro atoms. The summed E-state index contributed by atoms with van der Waals surface area (Å²) in [6, 6.07) is -0.547. The zero-order valence-electron chi connectivity index (χ0n) is 9.26. The van der Waals surface area contributed by atoms with E-state index >= 15 is 0 Å². The maximum Gasteiger partial charge on any atom is 0.278 e. The van der Waals surface area contributed by atoms with Gasteiger partial charge in [-0.2, -0.15) is 0 Å². The van der Waals surface area contributed by atoms with Crippen molar-refractivity contribution in [2.24, 2.45) is 0 Å². The van der Waals surface area contributed by atoms with Crippen LogP contribution in [-0.2, 0) is 0 Å². The van der Waals surface area contributed by atoms with Crippen molar-refractivity contribution in [1.82, 2.24) is 19.5 Å². The van der Waals surface area contributed by atoms with Gasteiger partial charge in [-0.1, -0.05) is 0 Å². The molecule has 0 saturated heterocycles. The van der Waals surface area contributed by atoms with Gasteiger partial charge in [0.05, 0.1) is 24.8 Å². The van der Waals surface area contributed by atoms with Crippen LogP contribution in [0.15, 0.2) is 17.4 Å². The number of aliphatic hydroxyl groups is 3. The molecule has 2 heterocycles. The molecular formula is C10H12N4O4. The highest BCUT2D eigenvalue weighted by molar-refractivity contribution is 5.69. The second-order valence-electron chi connectivity index (χ2n) is 4.41. The number of rotatable bonds is 1. The number of nitrogens with zero attached hydrogens (tertiary/aromatic N) is 3. The Labute approximate surface area is 101 Å². The van der Waals surface area contributed by atoms with Crippen LogP contribution in [0.25, 0.3) is 11.2 Å². The molecule has 8 nitrogen and oxygen atoms in total. The maximum atomic E-state index is 11.5. The van der Waals surface area contributed by atoms with E-state index in [1.54, 1.807) is 0 Å². The van der Waals surface area contributed by atoms with Crippen LogP contribution in [0.4, 0.5) is 0 Å². The summed E-state index contributed by atoms with van der Waals surface area (Å²) in [4.78, 5) is 21.8. The molecule has 0 radical (unpaired) electrons. The topological polar surface area (TPSA) is 124 Å². The number of aromatic amines is 1. The Morgan fingerprint density at radius 3 is 2.72 bits per heavy atom. The predicted molar refractivity (Wildman–Crippen MR) is 59.8 cm³/mol. The lowest BCUT2D eigenvalue weighted by Gasteiger charge is -2.17. The van der Waals surface area contributed by atoms with Gasteiger partial charge in [0.25, 0.3) is 5.56 Å². The van der Waals surface area contributed by atoms with Gasteiger partial charge in [0, 0.05) is 0 Å². The molecule has 0 aliphatic heterocycles. The molecule has 4 N–H and O–H groups in total. The number of H-pyrrole nitrogens is 1. The maximum absolute atomic E-state index is 11.5. The predicted octanol–water partition coefficient (Wildman–Crippen LogP) is -1.85.